The van der Waals surface area contributed by atoms with Crippen molar-refractivity contribution in [3.05, 3.63) is 24.3 Å². The van der Waals surface area contributed by atoms with Gasteiger partial charge in [-0.3, -0.25) is 0 Å². The Kier molecular flexibility index (Phi) is 3.87. The molecule has 0 fully saturated rings. The number of thiophene rings is 3. The third-order valence-electron chi connectivity index (χ3n) is 3.57. The summed E-state index contributed by atoms with van der Waals surface area (Å²) in [6, 6.07) is 8.85. The van der Waals surface area contributed by atoms with Gasteiger partial charge >= 0.3 is 0 Å². The number of thioether (sulfide) groups is 2. The van der Waals surface area contributed by atoms with Gasteiger partial charge in [-0.1, -0.05) is 0 Å². The molecule has 3 aromatic heterocycles. The molecule has 3 aromatic rings. The van der Waals surface area contributed by atoms with Gasteiger partial charge in [-0.15, -0.1) is 57.5 Å². The highest BCUT2D eigenvalue weighted by Crippen LogP contribution is 2.49. The van der Waals surface area contributed by atoms with E-state index < -0.39 is 0 Å². The Hall–Kier alpha value is -0.600. The second-order valence-corrected chi connectivity index (χ2v) is 11.0. The zero-order chi connectivity index (χ0) is 15.2. The van der Waals surface area contributed by atoms with Gasteiger partial charge in [-0.05, 0) is 12.1 Å². The Morgan fingerprint density at radius 1 is 0.652 bits per heavy atom. The normalized spacial score (nSPS) is 16.3. The average molecular weight is 397 g/mol. The van der Waals surface area contributed by atoms with Gasteiger partial charge in [0.15, 0.2) is 0 Å². The van der Waals surface area contributed by atoms with E-state index in [-0.39, 0.29) is 0 Å². The summed E-state index contributed by atoms with van der Waals surface area (Å²) in [5.41, 5.74) is 0. The van der Waals surface area contributed by atoms with E-state index in [9.17, 15) is 0 Å². The molecule has 2 aliphatic heterocycles. The molecule has 0 saturated heterocycles. The van der Waals surface area contributed by atoms with E-state index in [1.807, 2.05) is 57.5 Å². The summed E-state index contributed by atoms with van der Waals surface area (Å²) in [5, 5.41) is 0. The first-order valence-electron chi connectivity index (χ1n) is 7.26. The molecule has 0 radical (unpaired) electrons. The Morgan fingerprint density at radius 3 is 1.65 bits per heavy atom. The van der Waals surface area contributed by atoms with Gasteiger partial charge in [0.1, 0.15) is 19.9 Å². The van der Waals surface area contributed by atoms with Crippen LogP contribution in [0.3, 0.4) is 0 Å². The molecule has 0 spiro atoms. The fraction of sp³-hybridized carbons (Fsp3) is 0.250. The minimum absolute atomic E-state index is 0.821. The monoisotopic (exact) mass is 396 g/mol. The topological polar surface area (TPSA) is 18.5 Å². The third-order valence-corrected chi connectivity index (χ3v) is 9.75. The van der Waals surface area contributed by atoms with E-state index in [1.54, 1.807) is 0 Å². The Bertz CT molecular complexity index is 744. The minimum Gasteiger partial charge on any atom is -0.491 e. The van der Waals surface area contributed by atoms with Crippen LogP contribution >= 0.6 is 57.5 Å². The second kappa shape index (κ2) is 6.04. The molecule has 23 heavy (non-hydrogen) atoms. The van der Waals surface area contributed by atoms with Crippen LogP contribution in [0.2, 0.25) is 0 Å². The van der Waals surface area contributed by atoms with Crippen LogP contribution in [-0.2, 0) is 0 Å². The van der Waals surface area contributed by atoms with E-state index in [2.05, 4.69) is 24.3 Å². The largest absolute Gasteiger partial charge is 0.491 e. The third kappa shape index (κ3) is 2.72. The highest BCUT2D eigenvalue weighted by atomic mass is 32.2. The number of fused-ring (bicyclic) bond motifs is 2. The molecule has 118 valence electrons. The number of hydrogen-bond acceptors (Lipinski definition) is 7. The first kappa shape index (κ1) is 14.7. The molecule has 2 aliphatic rings. The van der Waals surface area contributed by atoms with Crippen molar-refractivity contribution in [3.8, 4) is 31.0 Å². The lowest BCUT2D eigenvalue weighted by Gasteiger charge is -2.10. The first-order valence-corrected chi connectivity index (χ1v) is 11.7. The van der Waals surface area contributed by atoms with Crippen LogP contribution in [0.4, 0.5) is 0 Å². The molecule has 0 amide bonds. The predicted octanol–water partition coefficient (Wildman–Crippen LogP) is 6.17. The molecule has 5 heterocycles. The summed E-state index contributed by atoms with van der Waals surface area (Å²) in [6.45, 7) is 1.64. The maximum Gasteiger partial charge on any atom is 0.144 e. The zero-order valence-electron chi connectivity index (χ0n) is 12.0. The minimum atomic E-state index is 0.821. The quantitative estimate of drug-likeness (QED) is 0.515. The van der Waals surface area contributed by atoms with Crippen LogP contribution in [-0.4, -0.2) is 24.7 Å². The summed E-state index contributed by atoms with van der Waals surface area (Å²) in [6.07, 6.45) is 0. The van der Waals surface area contributed by atoms with Crippen molar-refractivity contribution in [2.24, 2.45) is 0 Å². The number of hydrogen-bond donors (Lipinski definition) is 0. The molecule has 5 rings (SSSR count). The lowest BCUT2D eigenvalue weighted by Crippen LogP contribution is -2.03. The molecule has 0 unspecified atom stereocenters. The van der Waals surface area contributed by atoms with E-state index >= 15 is 0 Å². The number of rotatable bonds is 2. The van der Waals surface area contributed by atoms with Crippen molar-refractivity contribution in [2.45, 2.75) is 8.42 Å². The maximum atomic E-state index is 5.75. The maximum absolute atomic E-state index is 5.75. The van der Waals surface area contributed by atoms with Gasteiger partial charge in [0.25, 0.3) is 0 Å². The van der Waals surface area contributed by atoms with Gasteiger partial charge in [0.2, 0.25) is 0 Å². The summed E-state index contributed by atoms with van der Waals surface area (Å²) in [7, 11) is 0. The van der Waals surface area contributed by atoms with Crippen LogP contribution in [0.25, 0.3) is 19.5 Å². The lowest BCUT2D eigenvalue weighted by molar-refractivity contribution is 0.333. The van der Waals surface area contributed by atoms with E-state index in [4.69, 9.17) is 9.47 Å². The Balaban J connectivity index is 1.48. The van der Waals surface area contributed by atoms with Crippen molar-refractivity contribution in [1.82, 2.24) is 0 Å². The predicted molar refractivity (Wildman–Crippen MR) is 103 cm³/mol. The van der Waals surface area contributed by atoms with Crippen molar-refractivity contribution in [3.63, 3.8) is 0 Å². The van der Waals surface area contributed by atoms with Crippen molar-refractivity contribution < 1.29 is 9.47 Å². The van der Waals surface area contributed by atoms with E-state index in [0.29, 0.717) is 0 Å². The van der Waals surface area contributed by atoms with Gasteiger partial charge in [-0.2, -0.15) is 0 Å². The summed E-state index contributed by atoms with van der Waals surface area (Å²) in [5.74, 6) is 4.24. The molecule has 0 N–H and O–H groups in total. The molecule has 0 saturated carbocycles. The van der Waals surface area contributed by atoms with Crippen LogP contribution in [0.1, 0.15) is 0 Å². The molecule has 0 bridgehead atoms. The summed E-state index contributed by atoms with van der Waals surface area (Å²) in [4.78, 5) is 5.27. The fourth-order valence-electron chi connectivity index (χ4n) is 2.54. The van der Waals surface area contributed by atoms with Crippen molar-refractivity contribution >= 4 is 57.5 Å². The Morgan fingerprint density at radius 2 is 1.17 bits per heavy atom. The summed E-state index contributed by atoms with van der Waals surface area (Å²) >= 11 is 9.36. The highest BCUT2D eigenvalue weighted by Gasteiger charge is 2.19. The second-order valence-electron chi connectivity index (χ2n) is 5.08. The van der Waals surface area contributed by atoms with Gasteiger partial charge in [0, 0.05) is 43.1 Å². The molecule has 2 nitrogen and oxygen atoms in total. The fourth-order valence-corrected chi connectivity index (χ4v) is 8.10. The van der Waals surface area contributed by atoms with Gasteiger partial charge < -0.3 is 9.47 Å². The average Bonchev–Trinajstić information content (AvgIpc) is 3.30. The zero-order valence-corrected chi connectivity index (χ0v) is 16.1. The molecular weight excluding hydrogens is 385 g/mol. The highest BCUT2D eigenvalue weighted by molar-refractivity contribution is 8.01. The van der Waals surface area contributed by atoms with Crippen molar-refractivity contribution in [1.29, 1.82) is 0 Å². The van der Waals surface area contributed by atoms with Gasteiger partial charge in [0.05, 0.1) is 13.2 Å². The molecule has 0 aliphatic carbocycles. The lowest BCUT2D eigenvalue weighted by atomic mass is 10.3. The molecule has 7 heteroatoms. The van der Waals surface area contributed by atoms with Crippen LogP contribution < -0.4 is 9.47 Å². The van der Waals surface area contributed by atoms with Crippen LogP contribution in [0.5, 0.6) is 11.5 Å². The smallest absolute Gasteiger partial charge is 0.144 e. The molecule has 0 atom stereocenters. The van der Waals surface area contributed by atoms with Crippen LogP contribution in [0.15, 0.2) is 32.7 Å². The van der Waals surface area contributed by atoms with Gasteiger partial charge in [-0.25, -0.2) is 0 Å². The van der Waals surface area contributed by atoms with E-state index in [0.717, 1.165) is 36.2 Å². The van der Waals surface area contributed by atoms with E-state index in [1.165, 1.54) is 27.9 Å². The van der Waals surface area contributed by atoms with Crippen molar-refractivity contribution in [2.75, 3.05) is 24.7 Å². The summed E-state index contributed by atoms with van der Waals surface area (Å²) < 4.78 is 14.1. The molecule has 0 aromatic carbocycles. The Labute approximate surface area is 154 Å². The SMILES string of the molecule is c1cc(-c2cc3c(s2)SCCO3)sc1-c1cc2c(s1)SCCO2. The number of ether oxygens (including phenoxy) is 2. The van der Waals surface area contributed by atoms with Crippen LogP contribution in [0, 0.1) is 0 Å². The first-order chi connectivity index (χ1) is 11.4. The molecular formula is C16H12O2S5. The standard InChI is InChI=1S/C16H12O2S5/c1-2-12(14-8-10-16(23-14)20-6-4-18-10)21-11(1)13-7-9-15(22-13)19-5-3-17-9/h1-2,7-8H,3-6H2.